The summed E-state index contributed by atoms with van der Waals surface area (Å²) in [5.74, 6) is 0.0502. The largest absolute Gasteiger partial charge is 0.317 e. The Hall–Kier alpha value is -1.47. The van der Waals surface area contributed by atoms with Crippen molar-refractivity contribution in [2.45, 2.75) is 53.6 Å². The summed E-state index contributed by atoms with van der Waals surface area (Å²) in [7, 11) is 0. The standard InChI is InChI=1S/C22H27N3OS2.ClH/c1-13(2)25-11-10-14-17(12-25)28-20(24-21(26)22(3,4)5)18(14)19-23-15-8-6-7-9-16(15)27-19;/h6-9,13H,10-12H2,1-5H3,(H,24,26);1H. The van der Waals surface area contributed by atoms with Gasteiger partial charge in [0.25, 0.3) is 0 Å². The molecule has 2 aromatic heterocycles. The second-order valence-corrected chi connectivity index (χ2v) is 10.8. The van der Waals surface area contributed by atoms with Crippen LogP contribution in [0.25, 0.3) is 20.8 Å². The fraction of sp³-hybridized carbons (Fsp3) is 0.455. The summed E-state index contributed by atoms with van der Waals surface area (Å²) in [6, 6.07) is 8.77. The number of thiophene rings is 1. The number of carbonyl (C=O) groups is 1. The van der Waals surface area contributed by atoms with Gasteiger partial charge in [-0.2, -0.15) is 0 Å². The Kier molecular flexibility index (Phi) is 6.39. The van der Waals surface area contributed by atoms with Gasteiger partial charge in [-0.25, -0.2) is 4.98 Å². The summed E-state index contributed by atoms with van der Waals surface area (Å²) >= 11 is 3.44. The third-order valence-corrected chi connectivity index (χ3v) is 7.42. The van der Waals surface area contributed by atoms with Crippen LogP contribution in [0.15, 0.2) is 24.3 Å². The monoisotopic (exact) mass is 449 g/mol. The summed E-state index contributed by atoms with van der Waals surface area (Å²) in [4.78, 5) is 21.5. The van der Waals surface area contributed by atoms with Crippen LogP contribution in [-0.4, -0.2) is 28.4 Å². The highest BCUT2D eigenvalue weighted by Gasteiger charge is 2.30. The van der Waals surface area contributed by atoms with E-state index in [-0.39, 0.29) is 18.3 Å². The second-order valence-electron chi connectivity index (χ2n) is 8.71. The Morgan fingerprint density at radius 2 is 1.93 bits per heavy atom. The minimum absolute atomic E-state index is 0. The van der Waals surface area contributed by atoms with Crippen LogP contribution in [0.3, 0.4) is 0 Å². The highest BCUT2D eigenvalue weighted by Crippen LogP contribution is 2.46. The zero-order chi connectivity index (χ0) is 20.1. The van der Waals surface area contributed by atoms with Crippen molar-refractivity contribution < 1.29 is 4.79 Å². The first-order valence-corrected chi connectivity index (χ1v) is 11.4. The van der Waals surface area contributed by atoms with Crippen molar-refractivity contribution in [2.75, 3.05) is 11.9 Å². The van der Waals surface area contributed by atoms with Gasteiger partial charge >= 0.3 is 0 Å². The Bertz CT molecular complexity index is 1000. The second kappa shape index (κ2) is 8.34. The molecule has 29 heavy (non-hydrogen) atoms. The molecule has 0 fully saturated rings. The van der Waals surface area contributed by atoms with E-state index in [1.807, 2.05) is 26.8 Å². The van der Waals surface area contributed by atoms with E-state index in [1.165, 1.54) is 15.1 Å². The maximum atomic E-state index is 12.7. The minimum Gasteiger partial charge on any atom is -0.317 e. The van der Waals surface area contributed by atoms with Crippen molar-refractivity contribution >= 4 is 56.2 Å². The van der Waals surface area contributed by atoms with Crippen molar-refractivity contribution in [3.8, 4) is 10.6 Å². The zero-order valence-corrected chi connectivity index (χ0v) is 20.0. The maximum Gasteiger partial charge on any atom is 0.230 e. The molecule has 1 N–H and O–H groups in total. The van der Waals surface area contributed by atoms with Gasteiger partial charge in [0.1, 0.15) is 10.0 Å². The molecule has 1 aliphatic rings. The average Bonchev–Trinajstić information content (AvgIpc) is 3.20. The molecule has 0 aliphatic carbocycles. The number of hydrogen-bond donors (Lipinski definition) is 1. The maximum absolute atomic E-state index is 12.7. The SMILES string of the molecule is CC(C)N1CCc2c(sc(NC(=O)C(C)(C)C)c2-c2nc3ccccc3s2)C1.Cl. The number of benzene rings is 1. The molecule has 0 radical (unpaired) electrons. The van der Waals surface area contributed by atoms with E-state index in [9.17, 15) is 4.79 Å². The fourth-order valence-corrected chi connectivity index (χ4v) is 5.83. The lowest BCUT2D eigenvalue weighted by molar-refractivity contribution is -0.123. The molecule has 0 saturated heterocycles. The van der Waals surface area contributed by atoms with Gasteiger partial charge in [-0.1, -0.05) is 32.9 Å². The van der Waals surface area contributed by atoms with Crippen molar-refractivity contribution in [1.82, 2.24) is 9.88 Å². The van der Waals surface area contributed by atoms with Crippen LogP contribution in [0, 0.1) is 5.41 Å². The molecular formula is C22H28ClN3OS2. The summed E-state index contributed by atoms with van der Waals surface area (Å²) in [5, 5.41) is 5.19. The van der Waals surface area contributed by atoms with Crippen LogP contribution in [0.2, 0.25) is 0 Å². The lowest BCUT2D eigenvalue weighted by Gasteiger charge is -2.30. The zero-order valence-electron chi connectivity index (χ0n) is 17.5. The number of halogens is 1. The Morgan fingerprint density at radius 1 is 1.21 bits per heavy atom. The van der Waals surface area contributed by atoms with Crippen LogP contribution in [0.4, 0.5) is 5.00 Å². The van der Waals surface area contributed by atoms with Gasteiger partial charge < -0.3 is 5.32 Å². The highest BCUT2D eigenvalue weighted by atomic mass is 35.5. The normalized spacial score (nSPS) is 14.7. The quantitative estimate of drug-likeness (QED) is 0.517. The van der Waals surface area contributed by atoms with Crippen LogP contribution < -0.4 is 5.32 Å². The molecule has 156 valence electrons. The number of rotatable bonds is 3. The third kappa shape index (κ3) is 4.36. The van der Waals surface area contributed by atoms with Crippen LogP contribution in [-0.2, 0) is 17.8 Å². The molecule has 0 bridgehead atoms. The van der Waals surface area contributed by atoms with Gasteiger partial charge in [0.15, 0.2) is 0 Å². The molecule has 1 aromatic carbocycles. The van der Waals surface area contributed by atoms with E-state index in [2.05, 4.69) is 42.3 Å². The van der Waals surface area contributed by atoms with E-state index in [0.717, 1.165) is 40.6 Å². The molecule has 0 unspecified atom stereocenters. The van der Waals surface area contributed by atoms with Crippen LogP contribution in [0.1, 0.15) is 45.1 Å². The predicted octanol–water partition coefficient (Wildman–Crippen LogP) is 6.20. The van der Waals surface area contributed by atoms with Gasteiger partial charge in [0.05, 0.1) is 10.2 Å². The predicted molar refractivity (Wildman–Crippen MR) is 128 cm³/mol. The van der Waals surface area contributed by atoms with Crippen molar-refractivity contribution in [3.05, 3.63) is 34.7 Å². The molecule has 4 rings (SSSR count). The lowest BCUT2D eigenvalue weighted by atomic mass is 9.95. The first kappa shape index (κ1) is 22.2. The molecule has 3 aromatic rings. The lowest BCUT2D eigenvalue weighted by Crippen LogP contribution is -2.35. The molecule has 7 heteroatoms. The van der Waals surface area contributed by atoms with E-state index >= 15 is 0 Å². The number of anilines is 1. The first-order chi connectivity index (χ1) is 13.2. The number of para-hydroxylation sites is 1. The first-order valence-electron chi connectivity index (χ1n) is 9.80. The molecule has 0 saturated carbocycles. The number of nitrogens with one attached hydrogen (secondary N) is 1. The molecular weight excluding hydrogens is 422 g/mol. The summed E-state index contributed by atoms with van der Waals surface area (Å²) < 4.78 is 1.19. The fourth-order valence-electron chi connectivity index (χ4n) is 3.45. The summed E-state index contributed by atoms with van der Waals surface area (Å²) in [6.45, 7) is 12.3. The smallest absolute Gasteiger partial charge is 0.230 e. The molecule has 0 spiro atoms. The molecule has 4 nitrogen and oxygen atoms in total. The molecule has 1 aliphatic heterocycles. The van der Waals surface area contributed by atoms with E-state index in [0.29, 0.717) is 6.04 Å². The van der Waals surface area contributed by atoms with E-state index in [4.69, 9.17) is 4.98 Å². The van der Waals surface area contributed by atoms with Gasteiger partial charge in [-0.15, -0.1) is 35.1 Å². The Labute approximate surface area is 186 Å². The Balaban J connectivity index is 0.00000240. The summed E-state index contributed by atoms with van der Waals surface area (Å²) in [5.41, 5.74) is 3.10. The molecule has 1 amide bonds. The van der Waals surface area contributed by atoms with E-state index in [1.54, 1.807) is 22.7 Å². The van der Waals surface area contributed by atoms with Gasteiger partial charge in [-0.3, -0.25) is 9.69 Å². The number of fused-ring (bicyclic) bond motifs is 2. The van der Waals surface area contributed by atoms with Crippen molar-refractivity contribution in [3.63, 3.8) is 0 Å². The summed E-state index contributed by atoms with van der Waals surface area (Å²) in [6.07, 6.45) is 1.00. The highest BCUT2D eigenvalue weighted by molar-refractivity contribution is 7.22. The minimum atomic E-state index is -0.431. The number of amides is 1. The van der Waals surface area contributed by atoms with Gasteiger partial charge in [-0.05, 0) is 38.0 Å². The number of hydrogen-bond acceptors (Lipinski definition) is 5. The number of aromatic nitrogens is 1. The van der Waals surface area contributed by atoms with E-state index < -0.39 is 5.41 Å². The number of nitrogens with zero attached hydrogens (tertiary/aromatic N) is 2. The molecule has 3 heterocycles. The van der Waals surface area contributed by atoms with Gasteiger partial charge in [0, 0.05) is 35.0 Å². The van der Waals surface area contributed by atoms with Crippen molar-refractivity contribution in [2.24, 2.45) is 5.41 Å². The van der Waals surface area contributed by atoms with Crippen LogP contribution in [0.5, 0.6) is 0 Å². The van der Waals surface area contributed by atoms with Crippen molar-refractivity contribution in [1.29, 1.82) is 0 Å². The average molecular weight is 450 g/mol. The third-order valence-electron chi connectivity index (χ3n) is 5.23. The Morgan fingerprint density at radius 3 is 2.59 bits per heavy atom. The molecule has 0 atom stereocenters. The number of carbonyl (C=O) groups excluding carboxylic acids is 1. The number of thiazole rings is 1. The van der Waals surface area contributed by atoms with Gasteiger partial charge in [0.2, 0.25) is 5.91 Å². The topological polar surface area (TPSA) is 45.2 Å². The van der Waals surface area contributed by atoms with Crippen LogP contribution >= 0.6 is 35.1 Å².